The number of carbonyl (C=O) groups is 2. The molecule has 232 valence electrons. The topological polar surface area (TPSA) is 178 Å². The molecule has 15 heteroatoms. The van der Waals surface area contributed by atoms with E-state index in [4.69, 9.17) is 9.05 Å². The Balaban J connectivity index is 1.39. The monoisotopic (exact) mass is 624 g/mol. The summed E-state index contributed by atoms with van der Waals surface area (Å²) in [5.74, 6) is -0.385. The van der Waals surface area contributed by atoms with Crippen molar-refractivity contribution in [1.82, 2.24) is 30.6 Å². The number of carbonyl (C=O) groups excluding carboxylic acids is 2. The Morgan fingerprint density at radius 1 is 0.976 bits per heavy atom. The average Bonchev–Trinajstić information content (AvgIpc) is 2.96. The summed E-state index contributed by atoms with van der Waals surface area (Å²) < 4.78 is 50.2. The lowest BCUT2D eigenvalue weighted by Gasteiger charge is -2.22. The molecule has 1 saturated carbocycles. The van der Waals surface area contributed by atoms with Crippen molar-refractivity contribution < 1.29 is 31.6 Å². The third-order valence-electron chi connectivity index (χ3n) is 6.56. The highest BCUT2D eigenvalue weighted by molar-refractivity contribution is 7.90. The number of benzene rings is 1. The molecule has 1 fully saturated rings. The molecule has 1 aliphatic rings. The van der Waals surface area contributed by atoms with Gasteiger partial charge in [0.15, 0.2) is 0 Å². The zero-order chi connectivity index (χ0) is 30.4. The lowest BCUT2D eigenvalue weighted by molar-refractivity contribution is 0.0948. The fourth-order valence-electron chi connectivity index (χ4n) is 4.44. The van der Waals surface area contributed by atoms with Gasteiger partial charge < -0.3 is 25.0 Å². The molecule has 42 heavy (non-hydrogen) atoms. The van der Waals surface area contributed by atoms with Gasteiger partial charge >= 0.3 is 13.6 Å². The van der Waals surface area contributed by atoms with Crippen LogP contribution in [0.5, 0.6) is 0 Å². The molecule has 0 atom stereocenters. The van der Waals surface area contributed by atoms with Gasteiger partial charge in [0.1, 0.15) is 5.69 Å². The van der Waals surface area contributed by atoms with Gasteiger partial charge in [-0.1, -0.05) is 31.4 Å². The van der Waals surface area contributed by atoms with E-state index in [-0.39, 0.29) is 28.7 Å². The minimum Gasteiger partial charge on any atom is -0.350 e. The standard InChI is InChI=1S/C27H41N6O7PS/c1-3-39-41(36,40-4-2)17-16-28-18-23-19-31-25(20-30-23)26(34)29-15-14-21-10-12-24(13-11-21)42(37,38)33-27(35)32-22-8-6-5-7-9-22/h10-13,19-20,22,28H,3-9,14-18H2,1-2H3,(H,29,34)(H2,32,33,35). The van der Waals surface area contributed by atoms with Crippen LogP contribution >= 0.6 is 7.60 Å². The molecule has 1 aliphatic carbocycles. The third-order valence-corrected chi connectivity index (χ3v) is 9.98. The van der Waals surface area contributed by atoms with Crippen molar-refractivity contribution in [2.24, 2.45) is 0 Å². The van der Waals surface area contributed by atoms with Crippen molar-refractivity contribution in [3.63, 3.8) is 0 Å². The number of rotatable bonds is 16. The Morgan fingerprint density at radius 3 is 2.29 bits per heavy atom. The van der Waals surface area contributed by atoms with E-state index in [1.165, 1.54) is 24.5 Å². The number of nitrogens with one attached hydrogen (secondary N) is 4. The van der Waals surface area contributed by atoms with Crippen LogP contribution in [-0.2, 0) is 36.6 Å². The summed E-state index contributed by atoms with van der Waals surface area (Å²) >= 11 is 0. The summed E-state index contributed by atoms with van der Waals surface area (Å²) in [7, 11) is -7.11. The first kappa shape index (κ1) is 33.6. The van der Waals surface area contributed by atoms with Crippen molar-refractivity contribution in [3.8, 4) is 0 Å². The summed E-state index contributed by atoms with van der Waals surface area (Å²) in [6, 6.07) is 5.42. The van der Waals surface area contributed by atoms with Gasteiger partial charge in [-0.25, -0.2) is 22.9 Å². The van der Waals surface area contributed by atoms with E-state index < -0.39 is 23.7 Å². The minimum atomic E-state index is -3.99. The molecular formula is C27H41N6O7PS. The first-order valence-electron chi connectivity index (χ1n) is 14.2. The SMILES string of the molecule is CCOP(=O)(CCNCc1cnc(C(=O)NCCc2ccc(S(=O)(=O)NC(=O)NC3CCCCC3)cc2)cn1)OCC. The molecule has 3 amide bonds. The predicted molar refractivity (Wildman–Crippen MR) is 158 cm³/mol. The Labute approximate surface area is 247 Å². The summed E-state index contributed by atoms with van der Waals surface area (Å²) in [4.78, 5) is 33.0. The molecule has 0 aliphatic heterocycles. The van der Waals surface area contributed by atoms with Gasteiger partial charge in [-0.15, -0.1) is 0 Å². The number of hydrogen-bond donors (Lipinski definition) is 4. The van der Waals surface area contributed by atoms with Crippen LogP contribution in [0.2, 0.25) is 0 Å². The van der Waals surface area contributed by atoms with Crippen molar-refractivity contribution in [1.29, 1.82) is 0 Å². The fourth-order valence-corrected chi connectivity index (χ4v) is 6.91. The molecule has 1 aromatic heterocycles. The largest absolute Gasteiger partial charge is 0.350 e. The molecule has 4 N–H and O–H groups in total. The van der Waals surface area contributed by atoms with Gasteiger partial charge in [-0.3, -0.25) is 14.3 Å². The number of sulfonamides is 1. The molecule has 0 bridgehead atoms. The molecule has 2 aromatic rings. The van der Waals surface area contributed by atoms with Gasteiger partial charge in [0, 0.05) is 25.7 Å². The van der Waals surface area contributed by atoms with E-state index in [0.717, 1.165) is 37.7 Å². The maximum Gasteiger partial charge on any atom is 0.331 e. The molecular weight excluding hydrogens is 583 g/mol. The van der Waals surface area contributed by atoms with Crippen LogP contribution in [0.3, 0.4) is 0 Å². The Hall–Kier alpha value is -2.90. The van der Waals surface area contributed by atoms with Crippen LogP contribution in [-0.4, -0.2) is 68.8 Å². The van der Waals surface area contributed by atoms with E-state index >= 15 is 0 Å². The number of aromatic nitrogens is 2. The molecule has 1 aromatic carbocycles. The molecule has 0 spiro atoms. The number of hydrogen-bond acceptors (Lipinski definition) is 10. The Morgan fingerprint density at radius 2 is 1.67 bits per heavy atom. The first-order valence-corrected chi connectivity index (χ1v) is 17.5. The van der Waals surface area contributed by atoms with Gasteiger partial charge in [-0.2, -0.15) is 0 Å². The summed E-state index contributed by atoms with van der Waals surface area (Å²) in [5, 5.41) is 8.62. The van der Waals surface area contributed by atoms with E-state index in [2.05, 4.69) is 30.6 Å². The van der Waals surface area contributed by atoms with Crippen LogP contribution in [0.1, 0.15) is 67.7 Å². The van der Waals surface area contributed by atoms with Gasteiger partial charge in [0.05, 0.1) is 42.4 Å². The van der Waals surface area contributed by atoms with E-state index in [9.17, 15) is 22.6 Å². The van der Waals surface area contributed by atoms with Gasteiger partial charge in [-0.05, 0) is 50.8 Å². The van der Waals surface area contributed by atoms with Crippen molar-refractivity contribution in [2.45, 2.75) is 69.9 Å². The fraction of sp³-hybridized carbons (Fsp3) is 0.556. The quantitative estimate of drug-likeness (QED) is 0.160. The highest BCUT2D eigenvalue weighted by Gasteiger charge is 2.23. The van der Waals surface area contributed by atoms with Gasteiger partial charge in [0.25, 0.3) is 15.9 Å². The van der Waals surface area contributed by atoms with Crippen LogP contribution in [0.15, 0.2) is 41.6 Å². The van der Waals surface area contributed by atoms with Crippen molar-refractivity contribution >= 4 is 29.6 Å². The molecule has 0 saturated heterocycles. The van der Waals surface area contributed by atoms with E-state index in [0.29, 0.717) is 45.0 Å². The normalized spacial score (nSPS) is 14.3. The van der Waals surface area contributed by atoms with Gasteiger partial charge in [0.2, 0.25) is 0 Å². The zero-order valence-corrected chi connectivity index (χ0v) is 25.8. The van der Waals surface area contributed by atoms with Crippen molar-refractivity contribution in [3.05, 3.63) is 53.6 Å². The second-order valence-electron chi connectivity index (χ2n) is 9.80. The minimum absolute atomic E-state index is 0.00224. The van der Waals surface area contributed by atoms with E-state index in [1.807, 2.05) is 0 Å². The summed E-state index contributed by atoms with van der Waals surface area (Å²) in [6.45, 7) is 5.22. The lowest BCUT2D eigenvalue weighted by atomic mass is 9.96. The second kappa shape index (κ2) is 16.7. The van der Waals surface area contributed by atoms with Crippen LogP contribution in [0, 0.1) is 0 Å². The number of urea groups is 1. The Bertz CT molecular complexity index is 1290. The zero-order valence-electron chi connectivity index (χ0n) is 24.1. The van der Waals surface area contributed by atoms with Crippen molar-refractivity contribution in [2.75, 3.05) is 32.5 Å². The predicted octanol–water partition coefficient (Wildman–Crippen LogP) is 3.13. The maximum absolute atomic E-state index is 12.6. The van der Waals surface area contributed by atoms with Crippen LogP contribution < -0.4 is 20.7 Å². The number of nitrogens with zero attached hydrogens (tertiary/aromatic N) is 2. The smallest absolute Gasteiger partial charge is 0.331 e. The highest BCUT2D eigenvalue weighted by Crippen LogP contribution is 2.47. The number of amides is 3. The molecule has 3 rings (SSSR count). The highest BCUT2D eigenvalue weighted by atomic mass is 32.2. The van der Waals surface area contributed by atoms with Crippen LogP contribution in [0.4, 0.5) is 4.79 Å². The molecule has 13 nitrogen and oxygen atoms in total. The second-order valence-corrected chi connectivity index (χ2v) is 13.7. The third kappa shape index (κ3) is 11.1. The average molecular weight is 625 g/mol. The molecule has 0 radical (unpaired) electrons. The van der Waals surface area contributed by atoms with Crippen LogP contribution in [0.25, 0.3) is 0 Å². The maximum atomic E-state index is 12.6. The van der Waals surface area contributed by atoms with E-state index in [1.54, 1.807) is 26.0 Å². The lowest BCUT2D eigenvalue weighted by Crippen LogP contribution is -2.45. The molecule has 0 unspecified atom stereocenters. The summed E-state index contributed by atoms with van der Waals surface area (Å²) in [5.41, 5.74) is 1.59. The first-order chi connectivity index (χ1) is 20.1. The summed E-state index contributed by atoms with van der Waals surface area (Å²) in [6.07, 6.45) is 8.46. The molecule has 1 heterocycles. The Kier molecular flexibility index (Phi) is 13.3.